The molecule has 1 atom stereocenters. The van der Waals surface area contributed by atoms with E-state index in [9.17, 15) is 13.2 Å². The molecule has 0 aromatic heterocycles. The van der Waals surface area contributed by atoms with Gasteiger partial charge >= 0.3 is 6.18 Å². The van der Waals surface area contributed by atoms with Crippen molar-refractivity contribution in [2.75, 3.05) is 26.9 Å². The van der Waals surface area contributed by atoms with Gasteiger partial charge in [0.25, 0.3) is 0 Å². The number of nitrogens with one attached hydrogen (secondary N) is 1. The van der Waals surface area contributed by atoms with Gasteiger partial charge in [-0.25, -0.2) is 0 Å². The summed E-state index contributed by atoms with van der Waals surface area (Å²) < 4.78 is 49.0. The molecular weight excluding hydrogens is 247 g/mol. The molecule has 6 heteroatoms. The molecule has 1 heterocycles. The van der Waals surface area contributed by atoms with Gasteiger partial charge in [-0.05, 0) is 17.7 Å². The van der Waals surface area contributed by atoms with Crippen molar-refractivity contribution in [2.45, 2.75) is 12.2 Å². The van der Waals surface area contributed by atoms with Crippen molar-refractivity contribution in [1.29, 1.82) is 0 Å². The van der Waals surface area contributed by atoms with E-state index in [1.807, 2.05) is 0 Å². The van der Waals surface area contributed by atoms with Crippen LogP contribution in [0.5, 0.6) is 5.75 Å². The van der Waals surface area contributed by atoms with Crippen LogP contribution in [0, 0.1) is 0 Å². The van der Waals surface area contributed by atoms with E-state index in [4.69, 9.17) is 9.47 Å². The van der Waals surface area contributed by atoms with Crippen LogP contribution in [-0.2, 0) is 10.9 Å². The molecule has 1 aromatic carbocycles. The van der Waals surface area contributed by atoms with Crippen LogP contribution >= 0.6 is 0 Å². The zero-order valence-electron chi connectivity index (χ0n) is 9.88. The monoisotopic (exact) mass is 261 g/mol. The van der Waals surface area contributed by atoms with Gasteiger partial charge in [0.15, 0.2) is 0 Å². The number of rotatable bonds is 2. The molecule has 1 fully saturated rings. The summed E-state index contributed by atoms with van der Waals surface area (Å²) in [4.78, 5) is 0. The molecule has 0 amide bonds. The largest absolute Gasteiger partial charge is 0.497 e. The maximum atomic E-state index is 13.0. The highest BCUT2D eigenvalue weighted by molar-refractivity contribution is 5.39. The third-order valence-corrected chi connectivity index (χ3v) is 2.86. The second-order valence-corrected chi connectivity index (χ2v) is 4.03. The van der Waals surface area contributed by atoms with Crippen molar-refractivity contribution >= 4 is 0 Å². The molecule has 0 unspecified atom stereocenters. The number of benzene rings is 1. The van der Waals surface area contributed by atoms with E-state index in [1.165, 1.54) is 19.2 Å². The summed E-state index contributed by atoms with van der Waals surface area (Å²) in [6.45, 7) is 1.32. The molecule has 0 bridgehead atoms. The molecule has 1 aromatic rings. The van der Waals surface area contributed by atoms with Crippen LogP contribution in [0.2, 0.25) is 0 Å². The molecule has 0 spiro atoms. The van der Waals surface area contributed by atoms with Crippen LogP contribution in [-0.4, -0.2) is 26.9 Å². The Kier molecular flexibility index (Phi) is 3.77. The van der Waals surface area contributed by atoms with Crippen LogP contribution in [0.1, 0.15) is 17.2 Å². The molecule has 0 saturated carbocycles. The lowest BCUT2D eigenvalue weighted by atomic mass is 9.99. The fourth-order valence-electron chi connectivity index (χ4n) is 1.98. The maximum absolute atomic E-state index is 13.0. The van der Waals surface area contributed by atoms with E-state index in [2.05, 4.69) is 5.32 Å². The minimum atomic E-state index is -4.40. The normalized spacial score (nSPS) is 20.8. The zero-order chi connectivity index (χ0) is 13.2. The average Bonchev–Trinajstić information content (AvgIpc) is 2.38. The van der Waals surface area contributed by atoms with Gasteiger partial charge in [-0.2, -0.15) is 13.2 Å². The third kappa shape index (κ3) is 2.76. The minimum absolute atomic E-state index is 0.197. The van der Waals surface area contributed by atoms with Crippen molar-refractivity contribution in [3.8, 4) is 5.75 Å². The topological polar surface area (TPSA) is 30.5 Å². The Hall–Kier alpha value is -1.27. The van der Waals surface area contributed by atoms with E-state index < -0.39 is 17.8 Å². The first-order valence-corrected chi connectivity index (χ1v) is 5.58. The van der Waals surface area contributed by atoms with Crippen LogP contribution < -0.4 is 10.1 Å². The molecule has 1 N–H and O–H groups in total. The van der Waals surface area contributed by atoms with E-state index >= 15 is 0 Å². The van der Waals surface area contributed by atoms with Crippen LogP contribution in [0.15, 0.2) is 18.2 Å². The van der Waals surface area contributed by atoms with Crippen LogP contribution in [0.25, 0.3) is 0 Å². The minimum Gasteiger partial charge on any atom is -0.497 e. The summed E-state index contributed by atoms with van der Waals surface area (Å²) in [7, 11) is 1.34. The molecule has 2 rings (SSSR count). The number of alkyl halides is 3. The predicted octanol–water partition coefficient (Wildman–Crippen LogP) is 2.37. The first-order chi connectivity index (χ1) is 8.52. The Bertz CT molecular complexity index is 414. The van der Waals surface area contributed by atoms with Crippen molar-refractivity contribution in [3.63, 3.8) is 0 Å². The number of hydrogen-bond donors (Lipinski definition) is 1. The zero-order valence-corrected chi connectivity index (χ0v) is 9.88. The quantitative estimate of drug-likeness (QED) is 0.886. The summed E-state index contributed by atoms with van der Waals surface area (Å²) >= 11 is 0. The summed E-state index contributed by atoms with van der Waals surface area (Å²) in [6, 6.07) is 3.56. The van der Waals surface area contributed by atoms with Crippen molar-refractivity contribution < 1.29 is 22.6 Å². The highest BCUT2D eigenvalue weighted by Gasteiger charge is 2.36. The van der Waals surface area contributed by atoms with E-state index in [0.717, 1.165) is 6.07 Å². The van der Waals surface area contributed by atoms with Crippen LogP contribution in [0.3, 0.4) is 0 Å². The Morgan fingerprint density at radius 3 is 2.72 bits per heavy atom. The highest BCUT2D eigenvalue weighted by atomic mass is 19.4. The van der Waals surface area contributed by atoms with Crippen molar-refractivity contribution in [2.24, 2.45) is 0 Å². The van der Waals surface area contributed by atoms with Gasteiger partial charge in [0.2, 0.25) is 0 Å². The maximum Gasteiger partial charge on any atom is 0.416 e. The molecule has 1 saturated heterocycles. The van der Waals surface area contributed by atoms with E-state index in [0.29, 0.717) is 13.2 Å². The number of morpholine rings is 1. The van der Waals surface area contributed by atoms with Gasteiger partial charge in [-0.15, -0.1) is 0 Å². The molecule has 0 aliphatic carbocycles. The Morgan fingerprint density at radius 1 is 1.39 bits per heavy atom. The number of ether oxygens (including phenoxy) is 2. The highest BCUT2D eigenvalue weighted by Crippen LogP contribution is 2.37. The summed E-state index contributed by atoms with van der Waals surface area (Å²) in [6.07, 6.45) is -4.40. The van der Waals surface area contributed by atoms with Gasteiger partial charge in [0, 0.05) is 6.54 Å². The number of halogens is 3. The molecule has 1 aliphatic heterocycles. The standard InChI is InChI=1S/C12H14F3NO2/c1-17-8-2-3-9(10(6-8)12(13,14)15)11-7-18-5-4-16-11/h2-3,6,11,16H,4-5,7H2,1H3/t11-/m1/s1. The van der Waals surface area contributed by atoms with E-state index in [-0.39, 0.29) is 17.9 Å². The smallest absolute Gasteiger partial charge is 0.416 e. The summed E-state index contributed by atoms with van der Waals surface area (Å²) in [5, 5.41) is 3.02. The molecule has 0 radical (unpaired) electrons. The summed E-state index contributed by atoms with van der Waals surface area (Å²) in [5.41, 5.74) is -0.479. The molecule has 1 aliphatic rings. The lowest BCUT2D eigenvalue weighted by molar-refractivity contribution is -0.138. The lowest BCUT2D eigenvalue weighted by Gasteiger charge is -2.26. The fraction of sp³-hybridized carbons (Fsp3) is 0.500. The molecule has 18 heavy (non-hydrogen) atoms. The molecular formula is C12H14F3NO2. The number of hydrogen-bond acceptors (Lipinski definition) is 3. The Labute approximate surface area is 103 Å². The van der Waals surface area contributed by atoms with Gasteiger partial charge in [0.05, 0.1) is 31.9 Å². The van der Waals surface area contributed by atoms with E-state index in [1.54, 1.807) is 0 Å². The van der Waals surface area contributed by atoms with Gasteiger partial charge in [-0.3, -0.25) is 0 Å². The summed E-state index contributed by atoms with van der Waals surface area (Å²) in [5.74, 6) is 0.197. The number of methoxy groups -OCH3 is 1. The van der Waals surface area contributed by atoms with Crippen LogP contribution in [0.4, 0.5) is 13.2 Å². The molecule has 3 nitrogen and oxygen atoms in total. The molecule has 100 valence electrons. The predicted molar refractivity (Wildman–Crippen MR) is 59.6 cm³/mol. The van der Waals surface area contributed by atoms with Gasteiger partial charge < -0.3 is 14.8 Å². The third-order valence-electron chi connectivity index (χ3n) is 2.86. The first-order valence-electron chi connectivity index (χ1n) is 5.58. The second-order valence-electron chi connectivity index (χ2n) is 4.03. The van der Waals surface area contributed by atoms with Gasteiger partial charge in [-0.1, -0.05) is 6.07 Å². The Morgan fingerprint density at radius 2 is 2.17 bits per heavy atom. The van der Waals surface area contributed by atoms with Gasteiger partial charge in [0.1, 0.15) is 5.75 Å². The van der Waals surface area contributed by atoms with Crippen molar-refractivity contribution in [3.05, 3.63) is 29.3 Å². The Balaban J connectivity index is 2.38. The lowest BCUT2D eigenvalue weighted by Crippen LogP contribution is -2.35. The van der Waals surface area contributed by atoms with Crippen molar-refractivity contribution in [1.82, 2.24) is 5.32 Å². The SMILES string of the molecule is COc1ccc([C@H]2COCCN2)c(C(F)(F)F)c1. The average molecular weight is 261 g/mol. The first kappa shape index (κ1) is 13.2. The fourth-order valence-corrected chi connectivity index (χ4v) is 1.98. The second kappa shape index (κ2) is 5.16.